The van der Waals surface area contributed by atoms with Crippen molar-refractivity contribution in [2.24, 2.45) is 0 Å². The minimum absolute atomic E-state index is 0. The Morgan fingerprint density at radius 3 is 0.889 bits per heavy atom. The van der Waals surface area contributed by atoms with Crippen molar-refractivity contribution in [1.29, 1.82) is 0 Å². The zero-order chi connectivity index (χ0) is 19.3. The van der Waals surface area contributed by atoms with Gasteiger partial charge in [-0.3, -0.25) is 0 Å². The van der Waals surface area contributed by atoms with E-state index in [-0.39, 0.29) is 12.4 Å². The molecule has 0 heterocycles. The minimum Gasteiger partial charge on any atom is -0.147 e. The molecule has 0 N–H and O–H groups in total. The Labute approximate surface area is 183 Å². The van der Waals surface area contributed by atoms with E-state index in [0.717, 1.165) is 0 Å². The molecule has 27 heavy (non-hydrogen) atoms. The van der Waals surface area contributed by atoms with Crippen molar-refractivity contribution in [2.45, 2.75) is 136 Å². The van der Waals surface area contributed by atoms with Crippen LogP contribution in [0.1, 0.15) is 136 Å². The van der Waals surface area contributed by atoms with Crippen LogP contribution in [0.4, 0.5) is 0 Å². The Balaban J connectivity index is 0. The van der Waals surface area contributed by atoms with Gasteiger partial charge in [-0.05, 0) is 0 Å². The standard InChI is InChI=1S/C24H54P2.ClH/c1-4-7-10-13-16-19-22-26(25,23-20-17-14-11-8-5-2)24-21-18-15-12-9-6-3;/h26H,4-25H2,1-3H3;1H. The molecule has 0 fully saturated rings. The molecule has 0 spiro atoms. The maximum atomic E-state index is 3.48. The third-order valence-corrected chi connectivity index (χ3v) is 12.7. The fourth-order valence-electron chi connectivity index (χ4n) is 4.15. The van der Waals surface area contributed by atoms with E-state index in [2.05, 4.69) is 29.7 Å². The van der Waals surface area contributed by atoms with Crippen molar-refractivity contribution < 1.29 is 0 Å². The third kappa shape index (κ3) is 21.7. The SMILES string of the molecule is CCCCCCCC[PH](P)(CCCCCCCC)CCCCCCCC.Cl. The van der Waals surface area contributed by atoms with Crippen molar-refractivity contribution in [3.63, 3.8) is 0 Å². The van der Waals surface area contributed by atoms with Crippen molar-refractivity contribution in [3.05, 3.63) is 0 Å². The van der Waals surface area contributed by atoms with Crippen molar-refractivity contribution in [1.82, 2.24) is 0 Å². The summed E-state index contributed by atoms with van der Waals surface area (Å²) in [6, 6.07) is 0. The molecule has 0 aromatic rings. The Hall–Kier alpha value is 1.15. The number of unbranched alkanes of at least 4 members (excludes halogenated alkanes) is 15. The van der Waals surface area contributed by atoms with Crippen LogP contribution in [0.15, 0.2) is 0 Å². The van der Waals surface area contributed by atoms with Crippen LogP contribution >= 0.6 is 28.3 Å². The fraction of sp³-hybridized carbons (Fsp3) is 1.00. The fourth-order valence-corrected chi connectivity index (χ4v) is 9.60. The summed E-state index contributed by atoms with van der Waals surface area (Å²) < 4.78 is 0. The Bertz CT molecular complexity index is 230. The van der Waals surface area contributed by atoms with Crippen LogP contribution in [-0.2, 0) is 0 Å². The normalized spacial score (nSPS) is 12.1. The van der Waals surface area contributed by atoms with E-state index in [9.17, 15) is 0 Å². The largest absolute Gasteiger partial charge is 0.147 e. The molecule has 0 saturated carbocycles. The molecular weight excluding hydrogens is 386 g/mol. The van der Waals surface area contributed by atoms with Gasteiger partial charge in [0.05, 0.1) is 0 Å². The van der Waals surface area contributed by atoms with Crippen LogP contribution in [-0.4, -0.2) is 18.5 Å². The predicted octanol–water partition coefficient (Wildman–Crippen LogP) is 10.0. The average molecular weight is 441 g/mol. The minimum atomic E-state index is -1.04. The van der Waals surface area contributed by atoms with Gasteiger partial charge in [0.2, 0.25) is 0 Å². The van der Waals surface area contributed by atoms with Gasteiger partial charge in [0.25, 0.3) is 0 Å². The van der Waals surface area contributed by atoms with Gasteiger partial charge < -0.3 is 0 Å². The van der Waals surface area contributed by atoms with Crippen LogP contribution in [0.3, 0.4) is 0 Å². The summed E-state index contributed by atoms with van der Waals surface area (Å²) in [5, 5.41) is 0. The summed E-state index contributed by atoms with van der Waals surface area (Å²) in [6.07, 6.45) is 31.1. The zero-order valence-corrected chi connectivity index (χ0v) is 22.3. The maximum Gasteiger partial charge on any atom is -0.147 e. The van der Waals surface area contributed by atoms with Crippen LogP contribution in [0.25, 0.3) is 0 Å². The molecule has 0 saturated heterocycles. The number of halogens is 1. The van der Waals surface area contributed by atoms with Gasteiger partial charge in [-0.25, -0.2) is 0 Å². The molecule has 0 aliphatic rings. The molecule has 0 rings (SSSR count). The third-order valence-electron chi connectivity index (χ3n) is 6.08. The molecule has 3 heteroatoms. The summed E-state index contributed by atoms with van der Waals surface area (Å²) in [5.74, 6) is 0. The quantitative estimate of drug-likeness (QED) is 0.123. The first-order valence-electron chi connectivity index (χ1n) is 12.5. The first kappa shape index (κ1) is 30.3. The first-order valence-corrected chi connectivity index (χ1v) is 16.9. The summed E-state index contributed by atoms with van der Waals surface area (Å²) in [4.78, 5) is 0. The zero-order valence-electron chi connectivity index (χ0n) is 19.3. The van der Waals surface area contributed by atoms with Crippen molar-refractivity contribution >= 4 is 28.3 Å². The number of hydrogen-bond donors (Lipinski definition) is 0. The Kier molecular flexibility index (Phi) is 26.3. The maximum absolute atomic E-state index is 3.48. The van der Waals surface area contributed by atoms with Crippen LogP contribution in [0, 0.1) is 0 Å². The Morgan fingerprint density at radius 2 is 0.630 bits per heavy atom. The molecule has 0 aromatic carbocycles. The van der Waals surface area contributed by atoms with E-state index in [4.69, 9.17) is 0 Å². The van der Waals surface area contributed by atoms with Gasteiger partial charge in [-0.2, -0.15) is 0 Å². The monoisotopic (exact) mass is 440 g/mol. The second-order valence-electron chi connectivity index (χ2n) is 8.92. The van der Waals surface area contributed by atoms with Gasteiger partial charge in [0, 0.05) is 0 Å². The molecule has 0 aromatic heterocycles. The second-order valence-corrected chi connectivity index (χ2v) is 16.8. The number of hydrogen-bond acceptors (Lipinski definition) is 0. The van der Waals surface area contributed by atoms with E-state index in [1.165, 1.54) is 116 Å². The topological polar surface area (TPSA) is 0 Å². The van der Waals surface area contributed by atoms with Gasteiger partial charge in [-0.15, -0.1) is 12.4 Å². The molecular formula is C24H55ClP2. The molecule has 0 nitrogen and oxygen atoms in total. The summed E-state index contributed by atoms with van der Waals surface area (Å²) in [5.41, 5.74) is 0. The second kappa shape index (κ2) is 23.4. The molecule has 1 atom stereocenters. The average Bonchev–Trinajstić information content (AvgIpc) is 2.64. The van der Waals surface area contributed by atoms with E-state index < -0.39 is 6.95 Å². The molecule has 0 aliphatic carbocycles. The first-order chi connectivity index (χ1) is 12.7. The van der Waals surface area contributed by atoms with E-state index in [1.807, 2.05) is 0 Å². The van der Waals surface area contributed by atoms with Gasteiger partial charge in [0.15, 0.2) is 0 Å². The van der Waals surface area contributed by atoms with E-state index in [0.29, 0.717) is 0 Å². The molecule has 0 radical (unpaired) electrons. The Morgan fingerprint density at radius 1 is 0.407 bits per heavy atom. The molecule has 0 amide bonds. The van der Waals surface area contributed by atoms with Gasteiger partial charge in [-0.1, -0.05) is 0 Å². The summed E-state index contributed by atoms with van der Waals surface area (Å²) in [6.45, 7) is 5.92. The van der Waals surface area contributed by atoms with Crippen LogP contribution < -0.4 is 0 Å². The smallest absolute Gasteiger partial charge is 0.147 e. The van der Waals surface area contributed by atoms with E-state index in [1.54, 1.807) is 18.5 Å². The van der Waals surface area contributed by atoms with Crippen LogP contribution in [0.2, 0.25) is 0 Å². The molecule has 1 unspecified atom stereocenters. The van der Waals surface area contributed by atoms with E-state index >= 15 is 0 Å². The molecule has 0 aliphatic heterocycles. The van der Waals surface area contributed by atoms with Crippen molar-refractivity contribution in [3.8, 4) is 0 Å². The number of rotatable bonds is 21. The van der Waals surface area contributed by atoms with Gasteiger partial charge in [0.1, 0.15) is 0 Å². The summed E-state index contributed by atoms with van der Waals surface area (Å²) in [7, 11) is 3.48. The summed E-state index contributed by atoms with van der Waals surface area (Å²) >= 11 is 0. The predicted molar refractivity (Wildman–Crippen MR) is 140 cm³/mol. The van der Waals surface area contributed by atoms with Crippen LogP contribution in [0.5, 0.6) is 0 Å². The van der Waals surface area contributed by atoms with Gasteiger partial charge >= 0.3 is 171 Å². The molecule has 0 bridgehead atoms. The van der Waals surface area contributed by atoms with Crippen molar-refractivity contribution in [2.75, 3.05) is 18.5 Å². The molecule has 168 valence electrons.